The second-order valence-electron chi connectivity index (χ2n) is 4.42. The maximum atomic E-state index is 11.0. The van der Waals surface area contributed by atoms with E-state index in [-0.39, 0.29) is 6.04 Å². The number of piperazine rings is 1. The molecule has 5 nitrogen and oxygen atoms in total. The van der Waals surface area contributed by atoms with Crippen LogP contribution in [0.5, 0.6) is 0 Å². The summed E-state index contributed by atoms with van der Waals surface area (Å²) < 4.78 is 11.0. The molecular formula is C11H22N2O3S. The van der Waals surface area contributed by atoms with Gasteiger partial charge < -0.3 is 5.11 Å². The molecular weight excluding hydrogens is 240 g/mol. The number of carboxylic acids is 1. The SMILES string of the molecule is CCC(C(=O)O)N1CCN(CCS(C)=O)CC1. The standard InChI is InChI=1S/C11H22N2O3S/c1-3-10(11(14)15)13-6-4-12(5-7-13)8-9-17(2)16/h10H,3-9H2,1-2H3,(H,14,15). The number of nitrogens with zero attached hydrogens (tertiary/aromatic N) is 2. The molecule has 100 valence electrons. The minimum Gasteiger partial charge on any atom is -0.480 e. The monoisotopic (exact) mass is 262 g/mol. The van der Waals surface area contributed by atoms with E-state index in [1.165, 1.54) is 0 Å². The Morgan fingerprint density at radius 1 is 1.35 bits per heavy atom. The maximum absolute atomic E-state index is 11.0. The molecule has 0 spiro atoms. The molecule has 0 bridgehead atoms. The lowest BCUT2D eigenvalue weighted by molar-refractivity contribution is -0.144. The number of carboxylic acid groups (broad SMARTS) is 1. The van der Waals surface area contributed by atoms with E-state index in [2.05, 4.69) is 4.90 Å². The fourth-order valence-electron chi connectivity index (χ4n) is 2.15. The Morgan fingerprint density at radius 3 is 2.35 bits per heavy atom. The zero-order valence-electron chi connectivity index (χ0n) is 10.6. The molecule has 0 radical (unpaired) electrons. The van der Waals surface area contributed by atoms with E-state index in [9.17, 15) is 9.00 Å². The molecule has 0 aromatic rings. The maximum Gasteiger partial charge on any atom is 0.320 e. The van der Waals surface area contributed by atoms with Crippen molar-refractivity contribution in [1.82, 2.24) is 9.80 Å². The van der Waals surface area contributed by atoms with Gasteiger partial charge in [-0.05, 0) is 6.42 Å². The molecule has 1 N–H and O–H groups in total. The minimum absolute atomic E-state index is 0.350. The molecule has 0 amide bonds. The number of hydrogen-bond donors (Lipinski definition) is 1. The van der Waals surface area contributed by atoms with Crippen LogP contribution in [0, 0.1) is 0 Å². The lowest BCUT2D eigenvalue weighted by atomic mass is 10.1. The van der Waals surface area contributed by atoms with Crippen LogP contribution in [0.3, 0.4) is 0 Å². The fourth-order valence-corrected chi connectivity index (χ4v) is 2.66. The Bertz CT molecular complexity index is 278. The van der Waals surface area contributed by atoms with Crippen LogP contribution in [-0.2, 0) is 15.6 Å². The molecule has 2 atom stereocenters. The topological polar surface area (TPSA) is 60.9 Å². The first-order chi connectivity index (χ1) is 8.04. The third-order valence-corrected chi connectivity index (χ3v) is 3.97. The van der Waals surface area contributed by atoms with Gasteiger partial charge in [0.15, 0.2) is 0 Å². The summed E-state index contributed by atoms with van der Waals surface area (Å²) in [5.74, 6) is -0.0218. The normalized spacial score (nSPS) is 22.2. The molecule has 0 saturated carbocycles. The third kappa shape index (κ3) is 4.73. The molecule has 6 heteroatoms. The highest BCUT2D eigenvalue weighted by Gasteiger charge is 2.27. The number of rotatable bonds is 6. The number of hydrogen-bond acceptors (Lipinski definition) is 4. The van der Waals surface area contributed by atoms with Gasteiger partial charge in [0.25, 0.3) is 0 Å². The number of carbonyl (C=O) groups is 1. The van der Waals surface area contributed by atoms with E-state index >= 15 is 0 Å². The molecule has 2 unspecified atom stereocenters. The van der Waals surface area contributed by atoms with Crippen LogP contribution in [0.25, 0.3) is 0 Å². The second kappa shape index (κ2) is 7.08. The van der Waals surface area contributed by atoms with Gasteiger partial charge in [-0.2, -0.15) is 0 Å². The predicted molar refractivity (Wildman–Crippen MR) is 68.7 cm³/mol. The van der Waals surface area contributed by atoms with Crippen LogP contribution in [0.4, 0.5) is 0 Å². The molecule has 1 heterocycles. The summed E-state index contributed by atoms with van der Waals surface area (Å²) in [5, 5.41) is 9.07. The van der Waals surface area contributed by atoms with Crippen molar-refractivity contribution < 1.29 is 14.1 Å². The van der Waals surface area contributed by atoms with Gasteiger partial charge in [0.1, 0.15) is 6.04 Å². The van der Waals surface area contributed by atoms with Crippen molar-refractivity contribution in [2.45, 2.75) is 19.4 Å². The van der Waals surface area contributed by atoms with E-state index in [1.807, 2.05) is 11.8 Å². The van der Waals surface area contributed by atoms with Crippen molar-refractivity contribution in [3.63, 3.8) is 0 Å². The quantitative estimate of drug-likeness (QED) is 0.721. The Kier molecular flexibility index (Phi) is 6.08. The van der Waals surface area contributed by atoms with Crippen molar-refractivity contribution in [3.05, 3.63) is 0 Å². The van der Waals surface area contributed by atoms with Gasteiger partial charge in [-0.3, -0.25) is 18.8 Å². The highest BCUT2D eigenvalue weighted by molar-refractivity contribution is 7.84. The molecule has 1 saturated heterocycles. The summed E-state index contributed by atoms with van der Waals surface area (Å²) in [6.07, 6.45) is 2.36. The molecule has 0 aliphatic carbocycles. The summed E-state index contributed by atoms with van der Waals surface area (Å²) >= 11 is 0. The van der Waals surface area contributed by atoms with Crippen molar-refractivity contribution in [2.24, 2.45) is 0 Å². The largest absolute Gasteiger partial charge is 0.480 e. The van der Waals surface area contributed by atoms with Crippen molar-refractivity contribution in [1.29, 1.82) is 0 Å². The summed E-state index contributed by atoms with van der Waals surface area (Å²) in [4.78, 5) is 15.3. The van der Waals surface area contributed by atoms with Crippen LogP contribution in [-0.4, -0.2) is 75.9 Å². The predicted octanol–water partition coefficient (Wildman–Crippen LogP) is -0.154. The first-order valence-electron chi connectivity index (χ1n) is 6.03. The molecule has 0 aromatic heterocycles. The lowest BCUT2D eigenvalue weighted by Gasteiger charge is -2.37. The summed E-state index contributed by atoms with van der Waals surface area (Å²) in [7, 11) is -0.743. The van der Waals surface area contributed by atoms with E-state index < -0.39 is 16.8 Å². The first-order valence-corrected chi connectivity index (χ1v) is 7.76. The Balaban J connectivity index is 2.34. The van der Waals surface area contributed by atoms with Crippen molar-refractivity contribution >= 4 is 16.8 Å². The van der Waals surface area contributed by atoms with Gasteiger partial charge in [0, 0.05) is 55.5 Å². The van der Waals surface area contributed by atoms with E-state index in [4.69, 9.17) is 5.11 Å². The zero-order valence-corrected chi connectivity index (χ0v) is 11.4. The Hall–Kier alpha value is -0.460. The van der Waals surface area contributed by atoms with Gasteiger partial charge in [0.05, 0.1) is 0 Å². The zero-order chi connectivity index (χ0) is 12.8. The molecule has 1 fully saturated rings. The van der Waals surface area contributed by atoms with Crippen LogP contribution < -0.4 is 0 Å². The van der Waals surface area contributed by atoms with Gasteiger partial charge in [-0.1, -0.05) is 6.92 Å². The average molecular weight is 262 g/mol. The van der Waals surface area contributed by atoms with Crippen molar-refractivity contribution in [3.8, 4) is 0 Å². The van der Waals surface area contributed by atoms with Gasteiger partial charge in [0.2, 0.25) is 0 Å². The minimum atomic E-state index is -0.743. The Morgan fingerprint density at radius 2 is 1.94 bits per heavy atom. The van der Waals surface area contributed by atoms with E-state index in [0.29, 0.717) is 12.2 Å². The van der Waals surface area contributed by atoms with Crippen molar-refractivity contribution in [2.75, 3.05) is 44.7 Å². The van der Waals surface area contributed by atoms with Gasteiger partial charge in [-0.25, -0.2) is 0 Å². The van der Waals surface area contributed by atoms with Crippen LogP contribution >= 0.6 is 0 Å². The van der Waals surface area contributed by atoms with E-state index in [1.54, 1.807) is 6.26 Å². The van der Waals surface area contributed by atoms with Crippen LogP contribution in [0.15, 0.2) is 0 Å². The van der Waals surface area contributed by atoms with Gasteiger partial charge >= 0.3 is 5.97 Å². The highest BCUT2D eigenvalue weighted by atomic mass is 32.2. The fraction of sp³-hybridized carbons (Fsp3) is 0.909. The highest BCUT2D eigenvalue weighted by Crippen LogP contribution is 2.09. The number of aliphatic carboxylic acids is 1. The smallest absolute Gasteiger partial charge is 0.320 e. The second-order valence-corrected chi connectivity index (χ2v) is 5.97. The lowest BCUT2D eigenvalue weighted by Crippen LogP contribution is -2.52. The molecule has 1 aliphatic rings. The first kappa shape index (κ1) is 14.6. The summed E-state index contributed by atoms with van der Waals surface area (Å²) in [5.41, 5.74) is 0. The summed E-state index contributed by atoms with van der Waals surface area (Å²) in [6, 6.07) is -0.350. The van der Waals surface area contributed by atoms with Crippen LogP contribution in [0.1, 0.15) is 13.3 Å². The van der Waals surface area contributed by atoms with Crippen LogP contribution in [0.2, 0.25) is 0 Å². The molecule has 0 aromatic carbocycles. The third-order valence-electron chi connectivity index (χ3n) is 3.21. The molecule has 17 heavy (non-hydrogen) atoms. The summed E-state index contributed by atoms with van der Waals surface area (Å²) in [6.45, 7) is 6.09. The molecule has 1 rings (SSSR count). The Labute approximate surface area is 105 Å². The van der Waals surface area contributed by atoms with Gasteiger partial charge in [-0.15, -0.1) is 0 Å². The molecule has 1 aliphatic heterocycles. The average Bonchev–Trinajstić information content (AvgIpc) is 2.28. The van der Waals surface area contributed by atoms with E-state index in [0.717, 1.165) is 32.7 Å².